The molecule has 0 spiro atoms. The summed E-state index contributed by atoms with van der Waals surface area (Å²) in [4.78, 5) is 11.8. The van der Waals surface area contributed by atoms with Crippen LogP contribution in [0.1, 0.15) is 46.5 Å². The molecule has 0 radical (unpaired) electrons. The van der Waals surface area contributed by atoms with E-state index in [0.717, 1.165) is 25.8 Å². The molecule has 0 aromatic heterocycles. The number of carbonyl (C=O) groups excluding carboxylic acids is 1. The smallest absolute Gasteiger partial charge is 0.240 e. The summed E-state index contributed by atoms with van der Waals surface area (Å²) in [7, 11) is 0. The summed E-state index contributed by atoms with van der Waals surface area (Å²) in [6, 6.07) is 0. The standard InChI is InChI=1S/C14H28N2O2/c1-4-6-11(3)9-18-10-14(13(15)17,16-5-2)12-7-8-12/h11-12,16H,4-10H2,1-3H3,(H2,15,17). The number of hydrogen-bond acceptors (Lipinski definition) is 3. The van der Waals surface area contributed by atoms with Crippen LogP contribution < -0.4 is 11.1 Å². The summed E-state index contributed by atoms with van der Waals surface area (Å²) in [5.41, 5.74) is 4.95. The zero-order valence-corrected chi connectivity index (χ0v) is 12.0. The van der Waals surface area contributed by atoms with Gasteiger partial charge in [0.25, 0.3) is 0 Å². The van der Waals surface area contributed by atoms with Crippen molar-refractivity contribution in [2.75, 3.05) is 19.8 Å². The Morgan fingerprint density at radius 2 is 2.17 bits per heavy atom. The normalized spacial score (nSPS) is 20.4. The van der Waals surface area contributed by atoms with Crippen molar-refractivity contribution in [2.24, 2.45) is 17.6 Å². The van der Waals surface area contributed by atoms with Crippen molar-refractivity contribution in [3.63, 3.8) is 0 Å². The van der Waals surface area contributed by atoms with E-state index in [2.05, 4.69) is 19.2 Å². The number of ether oxygens (including phenoxy) is 1. The maximum absolute atomic E-state index is 11.8. The van der Waals surface area contributed by atoms with Crippen LogP contribution in [0.5, 0.6) is 0 Å². The highest BCUT2D eigenvalue weighted by molar-refractivity contribution is 5.85. The number of amides is 1. The van der Waals surface area contributed by atoms with E-state index < -0.39 is 5.54 Å². The van der Waals surface area contributed by atoms with Gasteiger partial charge in [-0.1, -0.05) is 27.2 Å². The first-order valence-corrected chi connectivity index (χ1v) is 7.19. The van der Waals surface area contributed by atoms with E-state index >= 15 is 0 Å². The molecule has 0 heterocycles. The van der Waals surface area contributed by atoms with Gasteiger partial charge in [-0.15, -0.1) is 0 Å². The van der Waals surface area contributed by atoms with Gasteiger partial charge in [0.05, 0.1) is 6.61 Å². The van der Waals surface area contributed by atoms with Crippen molar-refractivity contribution in [1.82, 2.24) is 5.32 Å². The molecule has 106 valence electrons. The highest BCUT2D eigenvalue weighted by atomic mass is 16.5. The van der Waals surface area contributed by atoms with Crippen LogP contribution in [0.3, 0.4) is 0 Å². The van der Waals surface area contributed by atoms with Gasteiger partial charge < -0.3 is 15.8 Å². The molecule has 1 fully saturated rings. The molecule has 1 aliphatic carbocycles. The van der Waals surface area contributed by atoms with E-state index in [9.17, 15) is 4.79 Å². The van der Waals surface area contributed by atoms with E-state index in [1.807, 2.05) is 6.92 Å². The van der Waals surface area contributed by atoms with Crippen LogP contribution in [0.4, 0.5) is 0 Å². The summed E-state index contributed by atoms with van der Waals surface area (Å²) < 4.78 is 5.77. The molecule has 1 rings (SSSR count). The van der Waals surface area contributed by atoms with Crippen LogP contribution in [-0.2, 0) is 9.53 Å². The molecule has 4 nitrogen and oxygen atoms in total. The molecule has 4 heteroatoms. The third-order valence-electron chi connectivity index (χ3n) is 3.72. The zero-order valence-electron chi connectivity index (χ0n) is 12.0. The van der Waals surface area contributed by atoms with Crippen LogP contribution >= 0.6 is 0 Å². The number of primary amides is 1. The maximum atomic E-state index is 11.8. The van der Waals surface area contributed by atoms with Gasteiger partial charge in [0.15, 0.2) is 0 Å². The van der Waals surface area contributed by atoms with Crippen LogP contribution in [0, 0.1) is 11.8 Å². The predicted molar refractivity (Wildman–Crippen MR) is 73.2 cm³/mol. The molecule has 18 heavy (non-hydrogen) atoms. The summed E-state index contributed by atoms with van der Waals surface area (Å²) >= 11 is 0. The maximum Gasteiger partial charge on any atom is 0.240 e. The molecule has 0 aromatic rings. The molecule has 0 aromatic carbocycles. The first kappa shape index (κ1) is 15.4. The SMILES string of the molecule is CCCC(C)COCC(NCC)(C(N)=O)C1CC1. The highest BCUT2D eigenvalue weighted by Crippen LogP contribution is 2.40. The van der Waals surface area contributed by atoms with E-state index in [1.54, 1.807) is 0 Å². The van der Waals surface area contributed by atoms with Crippen molar-refractivity contribution in [3.8, 4) is 0 Å². The van der Waals surface area contributed by atoms with Gasteiger partial charge in [0.2, 0.25) is 5.91 Å². The Bertz CT molecular complexity index is 267. The minimum atomic E-state index is -0.638. The third kappa shape index (κ3) is 3.95. The van der Waals surface area contributed by atoms with Gasteiger partial charge in [-0.2, -0.15) is 0 Å². The Morgan fingerprint density at radius 3 is 2.61 bits per heavy atom. The second-order valence-corrected chi connectivity index (χ2v) is 5.55. The van der Waals surface area contributed by atoms with E-state index in [0.29, 0.717) is 25.0 Å². The first-order valence-electron chi connectivity index (χ1n) is 7.19. The Kier molecular flexibility index (Phi) is 6.09. The minimum absolute atomic E-state index is 0.269. The Labute approximate surface area is 111 Å². The zero-order chi connectivity index (χ0) is 13.6. The van der Waals surface area contributed by atoms with Gasteiger partial charge in [-0.05, 0) is 37.6 Å². The highest BCUT2D eigenvalue weighted by Gasteiger charge is 2.49. The quantitative estimate of drug-likeness (QED) is 0.625. The van der Waals surface area contributed by atoms with Crippen molar-refractivity contribution >= 4 is 5.91 Å². The summed E-state index contributed by atoms with van der Waals surface area (Å²) in [6.07, 6.45) is 4.48. The molecule has 1 aliphatic rings. The van der Waals surface area contributed by atoms with Crippen LogP contribution in [-0.4, -0.2) is 31.2 Å². The van der Waals surface area contributed by atoms with E-state index in [-0.39, 0.29) is 5.91 Å². The number of rotatable bonds is 10. The Morgan fingerprint density at radius 1 is 1.50 bits per heavy atom. The fourth-order valence-electron chi connectivity index (χ4n) is 2.56. The molecule has 0 bridgehead atoms. The third-order valence-corrected chi connectivity index (χ3v) is 3.72. The predicted octanol–water partition coefficient (Wildman–Crippen LogP) is 1.68. The topological polar surface area (TPSA) is 64.3 Å². The largest absolute Gasteiger partial charge is 0.379 e. The van der Waals surface area contributed by atoms with Gasteiger partial charge in [-0.25, -0.2) is 0 Å². The Hall–Kier alpha value is -0.610. The number of hydrogen-bond donors (Lipinski definition) is 2. The monoisotopic (exact) mass is 256 g/mol. The summed E-state index contributed by atoms with van der Waals surface area (Å²) in [6.45, 7) is 8.22. The molecule has 2 unspecified atom stereocenters. The summed E-state index contributed by atoms with van der Waals surface area (Å²) in [5.74, 6) is 0.632. The van der Waals surface area contributed by atoms with Crippen LogP contribution in [0.2, 0.25) is 0 Å². The van der Waals surface area contributed by atoms with Gasteiger partial charge >= 0.3 is 0 Å². The number of nitrogens with one attached hydrogen (secondary N) is 1. The molecule has 1 saturated carbocycles. The van der Waals surface area contributed by atoms with Crippen LogP contribution in [0.25, 0.3) is 0 Å². The fourth-order valence-corrected chi connectivity index (χ4v) is 2.56. The minimum Gasteiger partial charge on any atom is -0.379 e. The second kappa shape index (κ2) is 7.10. The Balaban J connectivity index is 2.48. The molecule has 2 atom stereocenters. The van der Waals surface area contributed by atoms with Crippen molar-refractivity contribution in [1.29, 1.82) is 0 Å². The lowest BCUT2D eigenvalue weighted by Crippen LogP contribution is -2.60. The molecule has 0 saturated heterocycles. The van der Waals surface area contributed by atoms with Gasteiger partial charge in [0, 0.05) is 6.61 Å². The van der Waals surface area contributed by atoms with Crippen LogP contribution in [0.15, 0.2) is 0 Å². The molecular formula is C14H28N2O2. The molecule has 3 N–H and O–H groups in total. The average Bonchev–Trinajstić information content (AvgIpc) is 3.12. The number of carbonyl (C=O) groups is 1. The lowest BCUT2D eigenvalue weighted by Gasteiger charge is -2.31. The second-order valence-electron chi connectivity index (χ2n) is 5.55. The lowest BCUT2D eigenvalue weighted by molar-refractivity contribution is -0.128. The summed E-state index contributed by atoms with van der Waals surface area (Å²) in [5, 5.41) is 3.26. The number of nitrogens with two attached hydrogens (primary N) is 1. The fraction of sp³-hybridized carbons (Fsp3) is 0.929. The van der Waals surface area contributed by atoms with Crippen molar-refractivity contribution < 1.29 is 9.53 Å². The van der Waals surface area contributed by atoms with E-state index in [4.69, 9.17) is 10.5 Å². The lowest BCUT2D eigenvalue weighted by atomic mass is 9.93. The van der Waals surface area contributed by atoms with Gasteiger partial charge in [0.1, 0.15) is 5.54 Å². The van der Waals surface area contributed by atoms with Crippen molar-refractivity contribution in [3.05, 3.63) is 0 Å². The number of likely N-dealkylation sites (N-methyl/N-ethyl adjacent to an activating group) is 1. The average molecular weight is 256 g/mol. The molecule has 1 amide bonds. The van der Waals surface area contributed by atoms with Crippen molar-refractivity contribution in [2.45, 2.75) is 52.0 Å². The first-order chi connectivity index (χ1) is 8.56. The molecular weight excluding hydrogens is 228 g/mol. The van der Waals surface area contributed by atoms with E-state index in [1.165, 1.54) is 6.42 Å². The van der Waals surface area contributed by atoms with Gasteiger partial charge in [-0.3, -0.25) is 4.79 Å². The molecule has 0 aliphatic heterocycles.